The summed E-state index contributed by atoms with van der Waals surface area (Å²) in [5, 5.41) is 0. The van der Waals surface area contributed by atoms with Gasteiger partial charge in [0, 0.05) is 18.9 Å². The predicted octanol–water partition coefficient (Wildman–Crippen LogP) is 3.35. The molecular weight excluding hydrogens is 322 g/mol. The number of benzene rings is 2. The topological polar surface area (TPSA) is 30.4 Å². The van der Waals surface area contributed by atoms with Gasteiger partial charge in [0.1, 0.15) is 23.8 Å². The number of imidazole rings is 1. The van der Waals surface area contributed by atoms with Crippen molar-refractivity contribution < 1.29 is 9.30 Å². The van der Waals surface area contributed by atoms with Crippen LogP contribution in [0.5, 0.6) is 5.75 Å². The highest BCUT2D eigenvalue weighted by molar-refractivity contribution is 5.42. The summed E-state index contributed by atoms with van der Waals surface area (Å²) in [6, 6.07) is 18.9. The molecule has 0 amide bonds. The molecule has 2 aromatic heterocycles. The fraction of sp³-hybridized carbons (Fsp3) is 0.182. The first-order valence-corrected chi connectivity index (χ1v) is 8.75. The second-order valence-corrected chi connectivity index (χ2v) is 6.51. The number of hydrogen-bond donors (Lipinski definition) is 0. The second kappa shape index (κ2) is 7.00. The van der Waals surface area contributed by atoms with Gasteiger partial charge in [-0.3, -0.25) is 0 Å². The quantitative estimate of drug-likeness (QED) is 0.520. The number of nitrogens with zero attached hydrogens (tertiary/aromatic N) is 3. The van der Waals surface area contributed by atoms with Gasteiger partial charge in [-0.25, -0.2) is 8.97 Å². The molecule has 4 heteroatoms. The van der Waals surface area contributed by atoms with Crippen LogP contribution in [0.3, 0.4) is 0 Å². The van der Waals surface area contributed by atoms with E-state index in [0.29, 0.717) is 0 Å². The first-order chi connectivity index (χ1) is 12.7. The van der Waals surface area contributed by atoms with Crippen molar-refractivity contribution in [3.05, 3.63) is 95.6 Å². The third-order valence-corrected chi connectivity index (χ3v) is 4.67. The molecular formula is C22H22N3O+. The SMILES string of the molecule is COc1cc(Cc2c[n+](C)c3ncccn23)ccc1Cc1ccccc1. The Labute approximate surface area is 153 Å². The molecule has 0 saturated carbocycles. The van der Waals surface area contributed by atoms with Crippen molar-refractivity contribution >= 4 is 5.78 Å². The summed E-state index contributed by atoms with van der Waals surface area (Å²) in [6.45, 7) is 0. The Kier molecular flexibility index (Phi) is 4.40. The summed E-state index contributed by atoms with van der Waals surface area (Å²) in [6.07, 6.45) is 7.71. The van der Waals surface area contributed by atoms with Crippen LogP contribution in [0, 0.1) is 0 Å². The van der Waals surface area contributed by atoms with Crippen LogP contribution in [-0.4, -0.2) is 16.5 Å². The fourth-order valence-corrected chi connectivity index (χ4v) is 3.39. The monoisotopic (exact) mass is 344 g/mol. The lowest BCUT2D eigenvalue weighted by Gasteiger charge is -2.10. The minimum Gasteiger partial charge on any atom is -0.496 e. The summed E-state index contributed by atoms with van der Waals surface area (Å²) in [7, 11) is 3.76. The Morgan fingerprint density at radius 2 is 1.85 bits per heavy atom. The van der Waals surface area contributed by atoms with E-state index in [0.717, 1.165) is 24.4 Å². The standard InChI is InChI=1S/C22H22N3O/c1-24-16-20(25-12-6-11-23-22(24)25)14-18-9-10-19(21(15-18)26-2)13-17-7-4-3-5-8-17/h3-12,15-16H,13-14H2,1-2H3/q+1. The summed E-state index contributed by atoms with van der Waals surface area (Å²) in [5.74, 6) is 1.88. The van der Waals surface area contributed by atoms with Gasteiger partial charge in [-0.15, -0.1) is 0 Å². The maximum atomic E-state index is 5.66. The molecule has 0 aliphatic carbocycles. The Balaban J connectivity index is 1.63. The van der Waals surface area contributed by atoms with E-state index in [4.69, 9.17) is 4.74 Å². The van der Waals surface area contributed by atoms with Gasteiger partial charge < -0.3 is 4.74 Å². The van der Waals surface area contributed by atoms with Crippen LogP contribution in [0.4, 0.5) is 0 Å². The number of aryl methyl sites for hydroxylation is 1. The predicted molar refractivity (Wildman–Crippen MR) is 101 cm³/mol. The van der Waals surface area contributed by atoms with Gasteiger partial charge in [0.05, 0.1) is 20.4 Å². The Morgan fingerprint density at radius 3 is 2.65 bits per heavy atom. The Bertz CT molecular complexity index is 1040. The van der Waals surface area contributed by atoms with Crippen molar-refractivity contribution in [2.75, 3.05) is 7.11 Å². The molecule has 2 aromatic carbocycles. The van der Waals surface area contributed by atoms with Gasteiger partial charge in [0.15, 0.2) is 0 Å². The molecule has 0 aliphatic heterocycles. The second-order valence-electron chi connectivity index (χ2n) is 6.51. The number of methoxy groups -OCH3 is 1. The van der Waals surface area contributed by atoms with E-state index in [2.05, 4.69) is 68.8 Å². The van der Waals surface area contributed by atoms with Gasteiger partial charge in [0.2, 0.25) is 0 Å². The van der Waals surface area contributed by atoms with Crippen LogP contribution in [-0.2, 0) is 19.9 Å². The van der Waals surface area contributed by atoms with E-state index >= 15 is 0 Å². The highest BCUT2D eigenvalue weighted by Crippen LogP contribution is 2.24. The highest BCUT2D eigenvalue weighted by Gasteiger charge is 2.15. The Hall–Kier alpha value is -3.14. The molecule has 26 heavy (non-hydrogen) atoms. The Morgan fingerprint density at radius 1 is 1.00 bits per heavy atom. The molecule has 130 valence electrons. The highest BCUT2D eigenvalue weighted by atomic mass is 16.5. The largest absolute Gasteiger partial charge is 0.496 e. The molecule has 4 nitrogen and oxygen atoms in total. The summed E-state index contributed by atoms with van der Waals surface area (Å²) in [5.41, 5.74) is 4.92. The lowest BCUT2D eigenvalue weighted by atomic mass is 10.0. The molecule has 0 radical (unpaired) electrons. The number of aromatic nitrogens is 3. The third-order valence-electron chi connectivity index (χ3n) is 4.67. The molecule has 0 N–H and O–H groups in total. The van der Waals surface area contributed by atoms with Crippen molar-refractivity contribution in [2.24, 2.45) is 7.05 Å². The maximum absolute atomic E-state index is 5.66. The molecule has 4 aromatic rings. The van der Waals surface area contributed by atoms with E-state index in [1.807, 2.05) is 25.4 Å². The van der Waals surface area contributed by atoms with E-state index in [1.165, 1.54) is 22.4 Å². The van der Waals surface area contributed by atoms with Crippen LogP contribution in [0.2, 0.25) is 0 Å². The van der Waals surface area contributed by atoms with Gasteiger partial charge in [0.25, 0.3) is 0 Å². The zero-order valence-corrected chi connectivity index (χ0v) is 15.1. The normalized spacial score (nSPS) is 11.0. The van der Waals surface area contributed by atoms with Crippen LogP contribution >= 0.6 is 0 Å². The zero-order chi connectivity index (χ0) is 17.9. The molecule has 0 unspecified atom stereocenters. The zero-order valence-electron chi connectivity index (χ0n) is 15.1. The molecule has 0 fully saturated rings. The van der Waals surface area contributed by atoms with Crippen LogP contribution in [0.25, 0.3) is 5.78 Å². The van der Waals surface area contributed by atoms with Crippen molar-refractivity contribution in [1.29, 1.82) is 0 Å². The average Bonchev–Trinajstić information content (AvgIpc) is 3.00. The van der Waals surface area contributed by atoms with E-state index in [1.54, 1.807) is 7.11 Å². The summed E-state index contributed by atoms with van der Waals surface area (Å²) < 4.78 is 9.85. The first-order valence-electron chi connectivity index (χ1n) is 8.75. The van der Waals surface area contributed by atoms with Gasteiger partial charge in [-0.1, -0.05) is 47.4 Å². The third kappa shape index (κ3) is 3.18. The molecule has 2 heterocycles. The van der Waals surface area contributed by atoms with Crippen molar-refractivity contribution in [3.8, 4) is 5.75 Å². The summed E-state index contributed by atoms with van der Waals surface area (Å²) in [4.78, 5) is 4.44. The van der Waals surface area contributed by atoms with Crippen molar-refractivity contribution in [3.63, 3.8) is 0 Å². The fourth-order valence-electron chi connectivity index (χ4n) is 3.39. The maximum Gasteiger partial charge on any atom is 0.403 e. The lowest BCUT2D eigenvalue weighted by Crippen LogP contribution is -2.26. The number of fused-ring (bicyclic) bond motifs is 1. The molecule has 0 spiro atoms. The van der Waals surface area contributed by atoms with Gasteiger partial charge in [-0.05, 0) is 22.8 Å². The average molecular weight is 344 g/mol. The number of ether oxygens (including phenoxy) is 1. The first kappa shape index (κ1) is 16.3. The minimum atomic E-state index is 0.829. The lowest BCUT2D eigenvalue weighted by molar-refractivity contribution is -0.646. The molecule has 0 aliphatic rings. The molecule has 0 saturated heterocycles. The number of rotatable bonds is 5. The summed E-state index contributed by atoms with van der Waals surface area (Å²) >= 11 is 0. The van der Waals surface area contributed by atoms with Crippen LogP contribution in [0.15, 0.2) is 73.2 Å². The smallest absolute Gasteiger partial charge is 0.403 e. The van der Waals surface area contributed by atoms with E-state index in [-0.39, 0.29) is 0 Å². The molecule has 4 rings (SSSR count). The molecule has 0 bridgehead atoms. The van der Waals surface area contributed by atoms with Crippen molar-refractivity contribution in [1.82, 2.24) is 9.38 Å². The van der Waals surface area contributed by atoms with Gasteiger partial charge >= 0.3 is 5.78 Å². The van der Waals surface area contributed by atoms with Crippen LogP contribution < -0.4 is 9.30 Å². The number of hydrogen-bond acceptors (Lipinski definition) is 2. The van der Waals surface area contributed by atoms with E-state index < -0.39 is 0 Å². The van der Waals surface area contributed by atoms with Crippen molar-refractivity contribution in [2.45, 2.75) is 12.8 Å². The minimum absolute atomic E-state index is 0.829. The molecule has 0 atom stereocenters. The van der Waals surface area contributed by atoms with E-state index in [9.17, 15) is 0 Å². The van der Waals surface area contributed by atoms with Crippen LogP contribution in [0.1, 0.15) is 22.4 Å². The van der Waals surface area contributed by atoms with Gasteiger partial charge in [-0.2, -0.15) is 0 Å².